The largest absolute Gasteiger partial charge is 0.457 e. The van der Waals surface area contributed by atoms with Gasteiger partial charge in [0, 0.05) is 40.2 Å². The molecule has 354 valence electrons. The van der Waals surface area contributed by atoms with Gasteiger partial charge in [0.05, 0.1) is 6.20 Å². The highest BCUT2D eigenvalue weighted by Gasteiger charge is 2.19. The van der Waals surface area contributed by atoms with Crippen molar-refractivity contribution >= 4 is 0 Å². The zero-order chi connectivity index (χ0) is 49.4. The van der Waals surface area contributed by atoms with Crippen LogP contribution < -0.4 is 14.2 Å². The zero-order valence-corrected chi connectivity index (χ0v) is 43.4. The van der Waals surface area contributed by atoms with Crippen LogP contribution in [0.2, 0.25) is 0 Å². The van der Waals surface area contributed by atoms with E-state index < -0.39 is 0 Å². The third-order valence-corrected chi connectivity index (χ3v) is 10.5. The van der Waals surface area contributed by atoms with E-state index in [0.717, 1.165) is 46.6 Å². The molecular weight excluding hydrogens is 823 g/mol. The normalized spacial score (nSPS) is 11.5. The zero-order valence-electron chi connectivity index (χ0n) is 43.4. The van der Waals surface area contributed by atoms with E-state index in [4.69, 9.17) is 14.2 Å². The predicted octanol–water partition coefficient (Wildman–Crippen LogP) is 17.3. The molecule has 0 saturated heterocycles. The summed E-state index contributed by atoms with van der Waals surface area (Å²) < 4.78 is 17.2. The van der Waals surface area contributed by atoms with Crippen molar-refractivity contribution in [3.63, 3.8) is 0 Å². The van der Waals surface area contributed by atoms with Gasteiger partial charge in [-0.25, -0.2) is 4.98 Å². The van der Waals surface area contributed by atoms with Gasteiger partial charge in [0.2, 0.25) is 5.88 Å². The van der Waals surface area contributed by atoms with Crippen LogP contribution in [0.15, 0.2) is 158 Å². The fraction of sp³-hybridized carbons (Fsp3) is 0.361. The summed E-state index contributed by atoms with van der Waals surface area (Å²) in [5.74, 6) is 5.53. The Morgan fingerprint density at radius 1 is 0.418 bits per heavy atom. The molecule has 0 atom stereocenters. The summed E-state index contributed by atoms with van der Waals surface area (Å²) in [4.78, 5) is 13.4. The number of aryl methyl sites for hydroxylation is 2. The van der Waals surface area contributed by atoms with Crippen LogP contribution in [0.3, 0.4) is 0 Å². The van der Waals surface area contributed by atoms with Crippen molar-refractivity contribution in [2.24, 2.45) is 5.92 Å². The minimum Gasteiger partial charge on any atom is -0.457 e. The Kier molecular flexibility index (Phi) is 19.1. The van der Waals surface area contributed by atoms with Gasteiger partial charge in [0.15, 0.2) is 0 Å². The maximum atomic E-state index is 5.83. The Bertz CT molecular complexity index is 2410. The number of hydrogen-bond donors (Lipinski definition) is 0. The van der Waals surface area contributed by atoms with Crippen molar-refractivity contribution in [1.29, 1.82) is 0 Å². The van der Waals surface area contributed by atoms with E-state index in [0.29, 0.717) is 11.8 Å². The van der Waals surface area contributed by atoms with Gasteiger partial charge in [0.1, 0.15) is 28.7 Å². The van der Waals surface area contributed by atoms with Crippen molar-refractivity contribution < 1.29 is 14.2 Å². The van der Waals surface area contributed by atoms with E-state index in [9.17, 15) is 0 Å². The van der Waals surface area contributed by atoms with Gasteiger partial charge < -0.3 is 14.2 Å². The third-order valence-electron chi connectivity index (χ3n) is 10.5. The molecule has 6 heteroatoms. The fourth-order valence-corrected chi connectivity index (χ4v) is 7.13. The fourth-order valence-electron chi connectivity index (χ4n) is 7.13. The molecule has 0 unspecified atom stereocenters. The molecule has 0 amide bonds. The average molecular weight is 900 g/mol. The van der Waals surface area contributed by atoms with Crippen molar-refractivity contribution in [3.8, 4) is 34.6 Å². The molecule has 0 bridgehead atoms. The van der Waals surface area contributed by atoms with E-state index in [1.54, 1.807) is 6.20 Å². The van der Waals surface area contributed by atoms with Crippen molar-refractivity contribution in [2.75, 3.05) is 0 Å². The summed E-state index contributed by atoms with van der Waals surface area (Å²) in [5, 5.41) is 0. The second kappa shape index (κ2) is 24.0. The SMILES string of the molecule is CC(C)(C)c1ccc(Oc2ccccc2)cn1.CC(C)Cc1ccc(C(C)(C)C)nc1.Cc1cc(Oc2ccccc2)ccc1C(C)(C)C.Cc1nc(Oc2ccccc2)ccc1C(C)(C)C. The quantitative estimate of drug-likeness (QED) is 0.151. The van der Waals surface area contributed by atoms with E-state index in [-0.39, 0.29) is 21.7 Å². The molecule has 67 heavy (non-hydrogen) atoms. The van der Waals surface area contributed by atoms with E-state index in [1.807, 2.05) is 128 Å². The van der Waals surface area contributed by atoms with Crippen molar-refractivity contribution in [2.45, 2.75) is 139 Å². The van der Waals surface area contributed by atoms with Gasteiger partial charge in [-0.1, -0.05) is 170 Å². The van der Waals surface area contributed by atoms with Gasteiger partial charge in [-0.05, 0) is 126 Å². The smallest absolute Gasteiger partial charge is 0.219 e. The summed E-state index contributed by atoms with van der Waals surface area (Å²) >= 11 is 0. The van der Waals surface area contributed by atoms with Crippen LogP contribution >= 0.6 is 0 Å². The molecule has 6 nitrogen and oxygen atoms in total. The molecule has 3 heterocycles. The standard InChI is InChI=1S/C17H20O.C16H19NO.C15H17NO.C13H21N/c1-13-12-15(10-11-16(13)17(2,3)4)18-14-8-6-5-7-9-14;1-12-14(16(2,3)4)10-11-15(17-12)18-13-8-6-5-7-9-13;1-15(2,3)14-10-9-13(11-16-14)17-12-7-5-4-6-8-12;1-10(2)8-11-6-7-12(14-9-11)13(3,4)5/h5-12H,1-4H3;5-11H,1-4H3;4-11H,1-3H3;6-7,9-10H,8H2,1-5H3. The lowest BCUT2D eigenvalue weighted by Gasteiger charge is -2.22. The Morgan fingerprint density at radius 2 is 0.851 bits per heavy atom. The van der Waals surface area contributed by atoms with Crippen LogP contribution in [0.5, 0.6) is 34.6 Å². The number of benzene rings is 4. The lowest BCUT2D eigenvalue weighted by atomic mass is 9.84. The number of nitrogens with zero attached hydrogens (tertiary/aromatic N) is 3. The highest BCUT2D eigenvalue weighted by molar-refractivity contribution is 5.41. The molecule has 7 rings (SSSR count). The van der Waals surface area contributed by atoms with Crippen LogP contribution in [0.1, 0.15) is 136 Å². The second-order valence-corrected chi connectivity index (χ2v) is 21.5. The van der Waals surface area contributed by atoms with Gasteiger partial charge in [-0.3, -0.25) is 9.97 Å². The topological polar surface area (TPSA) is 66.4 Å². The van der Waals surface area contributed by atoms with Gasteiger partial charge in [0.25, 0.3) is 0 Å². The summed E-state index contributed by atoms with van der Waals surface area (Å²) in [6.07, 6.45) is 4.91. The number of aromatic nitrogens is 3. The minimum absolute atomic E-state index is 0.0747. The molecule has 0 aliphatic heterocycles. The van der Waals surface area contributed by atoms with Crippen molar-refractivity contribution in [1.82, 2.24) is 15.0 Å². The molecule has 7 aromatic rings. The molecule has 0 radical (unpaired) electrons. The molecule has 4 aromatic carbocycles. The van der Waals surface area contributed by atoms with E-state index in [1.165, 1.54) is 27.9 Å². The maximum absolute atomic E-state index is 5.83. The first-order chi connectivity index (χ1) is 31.4. The van der Waals surface area contributed by atoms with E-state index >= 15 is 0 Å². The van der Waals surface area contributed by atoms with Crippen LogP contribution in [0, 0.1) is 19.8 Å². The molecule has 0 aliphatic rings. The highest BCUT2D eigenvalue weighted by Crippen LogP contribution is 2.31. The number of ether oxygens (including phenoxy) is 3. The second-order valence-electron chi connectivity index (χ2n) is 21.5. The Labute approximate surface area is 404 Å². The number of rotatable bonds is 8. The molecular formula is C61H77N3O3. The maximum Gasteiger partial charge on any atom is 0.219 e. The number of pyridine rings is 3. The van der Waals surface area contributed by atoms with Gasteiger partial charge in [-0.15, -0.1) is 0 Å². The van der Waals surface area contributed by atoms with Crippen LogP contribution in [0.4, 0.5) is 0 Å². The first-order valence-corrected chi connectivity index (χ1v) is 23.6. The number of hydrogen-bond acceptors (Lipinski definition) is 6. The molecule has 0 N–H and O–H groups in total. The summed E-state index contributed by atoms with van der Waals surface area (Å²) in [6, 6.07) is 48.0. The van der Waals surface area contributed by atoms with Crippen LogP contribution in [-0.2, 0) is 28.1 Å². The lowest BCUT2D eigenvalue weighted by Crippen LogP contribution is -2.13. The van der Waals surface area contributed by atoms with Gasteiger partial charge >= 0.3 is 0 Å². The molecule has 3 aromatic heterocycles. The molecule has 0 saturated carbocycles. The lowest BCUT2D eigenvalue weighted by molar-refractivity contribution is 0.459. The third kappa shape index (κ3) is 18.5. The Morgan fingerprint density at radius 3 is 1.24 bits per heavy atom. The first-order valence-electron chi connectivity index (χ1n) is 23.6. The van der Waals surface area contributed by atoms with Crippen LogP contribution in [-0.4, -0.2) is 15.0 Å². The van der Waals surface area contributed by atoms with E-state index in [2.05, 4.69) is 149 Å². The monoisotopic (exact) mass is 900 g/mol. The first kappa shape index (κ1) is 53.3. The summed E-state index contributed by atoms with van der Waals surface area (Å²) in [7, 11) is 0. The molecule has 0 fully saturated rings. The number of para-hydroxylation sites is 3. The van der Waals surface area contributed by atoms with Crippen LogP contribution in [0.25, 0.3) is 0 Å². The summed E-state index contributed by atoms with van der Waals surface area (Å²) in [5.41, 5.74) is 9.02. The van der Waals surface area contributed by atoms with Gasteiger partial charge in [-0.2, -0.15) is 0 Å². The minimum atomic E-state index is 0.0747. The summed E-state index contributed by atoms with van der Waals surface area (Å²) in [6.45, 7) is 34.9. The molecule has 0 aliphatic carbocycles. The average Bonchev–Trinajstić information content (AvgIpc) is 3.24. The predicted molar refractivity (Wildman–Crippen MR) is 282 cm³/mol. The molecule has 0 spiro atoms. The Hall–Kier alpha value is -6.27. The highest BCUT2D eigenvalue weighted by atomic mass is 16.5. The van der Waals surface area contributed by atoms with Crippen molar-refractivity contribution in [3.05, 3.63) is 197 Å². The Balaban J connectivity index is 0.000000196.